The molecule has 148 valence electrons. The average Bonchev–Trinajstić information content (AvgIpc) is 3.18. The first-order valence-electron chi connectivity index (χ1n) is 9.09. The second-order valence-corrected chi connectivity index (χ2v) is 7.27. The third kappa shape index (κ3) is 4.31. The number of likely N-dealkylation sites (tertiary alicyclic amines) is 1. The van der Waals surface area contributed by atoms with Gasteiger partial charge < -0.3 is 5.32 Å². The van der Waals surface area contributed by atoms with E-state index in [9.17, 15) is 19.3 Å². The summed E-state index contributed by atoms with van der Waals surface area (Å²) >= 11 is 6.25. The van der Waals surface area contributed by atoms with Gasteiger partial charge in [0.1, 0.15) is 5.82 Å². The van der Waals surface area contributed by atoms with Gasteiger partial charge >= 0.3 is 0 Å². The lowest BCUT2D eigenvalue weighted by molar-refractivity contribution is -0.385. The minimum absolute atomic E-state index is 0.110. The molecular weight excluding hydrogens is 385 g/mol. The van der Waals surface area contributed by atoms with Crippen LogP contribution >= 0.6 is 11.6 Å². The Morgan fingerprint density at radius 1 is 1.32 bits per heavy atom. The number of nitro groups is 1. The quantitative estimate of drug-likeness (QED) is 0.575. The molecule has 8 heteroatoms. The molecule has 1 atom stereocenters. The standard InChI is InChI=1S/C20H21ClFN3O3/c1-13-7-8-14(11-17(13)25(27)28)20(26)23-12-18(24-9-2-3-10-24)19-15(21)5-4-6-16(19)22/h4-8,11,18H,2-3,9-10,12H2,1H3,(H,23,26). The summed E-state index contributed by atoms with van der Waals surface area (Å²) < 4.78 is 14.5. The monoisotopic (exact) mass is 405 g/mol. The van der Waals surface area contributed by atoms with Crippen molar-refractivity contribution in [2.45, 2.75) is 25.8 Å². The van der Waals surface area contributed by atoms with E-state index in [1.54, 1.807) is 31.2 Å². The molecule has 1 amide bonds. The molecule has 0 bridgehead atoms. The molecule has 1 N–H and O–H groups in total. The van der Waals surface area contributed by atoms with E-state index in [1.807, 2.05) is 0 Å². The smallest absolute Gasteiger partial charge is 0.273 e. The lowest BCUT2D eigenvalue weighted by atomic mass is 10.0. The van der Waals surface area contributed by atoms with Crippen molar-refractivity contribution < 1.29 is 14.1 Å². The number of nitrogens with zero attached hydrogens (tertiary/aromatic N) is 2. The van der Waals surface area contributed by atoms with Crippen LogP contribution in [0.4, 0.5) is 10.1 Å². The van der Waals surface area contributed by atoms with Crippen LogP contribution < -0.4 is 5.32 Å². The van der Waals surface area contributed by atoms with Crippen LogP contribution in [0.2, 0.25) is 5.02 Å². The highest BCUT2D eigenvalue weighted by molar-refractivity contribution is 6.31. The second kappa shape index (κ2) is 8.67. The number of hydrogen-bond donors (Lipinski definition) is 1. The summed E-state index contributed by atoms with van der Waals surface area (Å²) in [6, 6.07) is 8.47. The summed E-state index contributed by atoms with van der Waals surface area (Å²) in [5.74, 6) is -0.857. The van der Waals surface area contributed by atoms with Crippen molar-refractivity contribution in [1.82, 2.24) is 10.2 Å². The Balaban J connectivity index is 1.81. The van der Waals surface area contributed by atoms with E-state index in [-0.39, 0.29) is 17.8 Å². The van der Waals surface area contributed by atoms with Crippen LogP contribution in [0.5, 0.6) is 0 Å². The molecule has 0 radical (unpaired) electrons. The molecule has 3 rings (SSSR count). The van der Waals surface area contributed by atoms with E-state index in [1.165, 1.54) is 12.1 Å². The lowest BCUT2D eigenvalue weighted by Crippen LogP contribution is -2.37. The fourth-order valence-electron chi connectivity index (χ4n) is 3.53. The highest BCUT2D eigenvalue weighted by Gasteiger charge is 2.28. The Hall–Kier alpha value is -2.51. The van der Waals surface area contributed by atoms with E-state index in [4.69, 9.17) is 11.6 Å². The van der Waals surface area contributed by atoms with Crippen LogP contribution in [0.25, 0.3) is 0 Å². The zero-order chi connectivity index (χ0) is 20.3. The van der Waals surface area contributed by atoms with Crippen molar-refractivity contribution in [3.05, 3.63) is 74.0 Å². The molecule has 1 fully saturated rings. The summed E-state index contributed by atoms with van der Waals surface area (Å²) in [5, 5.41) is 14.2. The van der Waals surface area contributed by atoms with Crippen molar-refractivity contribution in [3.8, 4) is 0 Å². The number of carbonyl (C=O) groups excluding carboxylic acids is 1. The van der Waals surface area contributed by atoms with Crippen molar-refractivity contribution in [2.24, 2.45) is 0 Å². The average molecular weight is 406 g/mol. The zero-order valence-electron chi connectivity index (χ0n) is 15.5. The number of aryl methyl sites for hydroxylation is 1. The van der Waals surface area contributed by atoms with Crippen LogP contribution in [0.3, 0.4) is 0 Å². The fraction of sp³-hybridized carbons (Fsp3) is 0.350. The minimum atomic E-state index is -0.516. The Labute approximate surface area is 167 Å². The van der Waals surface area contributed by atoms with Crippen LogP contribution in [0, 0.1) is 22.9 Å². The topological polar surface area (TPSA) is 75.5 Å². The van der Waals surface area contributed by atoms with Gasteiger partial charge in [-0.15, -0.1) is 0 Å². The second-order valence-electron chi connectivity index (χ2n) is 6.86. The predicted molar refractivity (Wildman–Crippen MR) is 105 cm³/mol. The van der Waals surface area contributed by atoms with Crippen LogP contribution in [0.15, 0.2) is 36.4 Å². The molecule has 0 aliphatic carbocycles. The lowest BCUT2D eigenvalue weighted by Gasteiger charge is -2.29. The molecule has 2 aromatic carbocycles. The number of rotatable bonds is 6. The van der Waals surface area contributed by atoms with Gasteiger partial charge in [0.05, 0.1) is 11.0 Å². The SMILES string of the molecule is Cc1ccc(C(=O)NCC(c2c(F)cccc2Cl)N2CCCC2)cc1[N+](=O)[O-]. The molecule has 1 unspecified atom stereocenters. The first kappa shape index (κ1) is 20.2. The first-order chi connectivity index (χ1) is 13.4. The molecule has 6 nitrogen and oxygen atoms in total. The van der Waals surface area contributed by atoms with Gasteiger partial charge in [-0.25, -0.2) is 4.39 Å². The van der Waals surface area contributed by atoms with Gasteiger partial charge in [-0.05, 0) is 51.1 Å². The van der Waals surface area contributed by atoms with E-state index in [2.05, 4.69) is 10.2 Å². The van der Waals surface area contributed by atoms with Gasteiger partial charge in [-0.3, -0.25) is 19.8 Å². The van der Waals surface area contributed by atoms with Gasteiger partial charge in [0.25, 0.3) is 11.6 Å². The molecule has 2 aromatic rings. The number of nitrogens with one attached hydrogen (secondary N) is 1. The number of hydrogen-bond acceptors (Lipinski definition) is 4. The van der Waals surface area contributed by atoms with Crippen molar-refractivity contribution in [1.29, 1.82) is 0 Å². The van der Waals surface area contributed by atoms with E-state index >= 15 is 0 Å². The number of carbonyl (C=O) groups is 1. The zero-order valence-corrected chi connectivity index (χ0v) is 16.2. The third-order valence-corrected chi connectivity index (χ3v) is 5.37. The molecule has 28 heavy (non-hydrogen) atoms. The molecule has 0 spiro atoms. The molecule has 0 aromatic heterocycles. The van der Waals surface area contributed by atoms with Crippen molar-refractivity contribution >= 4 is 23.2 Å². The molecule has 1 saturated heterocycles. The van der Waals surface area contributed by atoms with Crippen LogP contribution in [-0.2, 0) is 0 Å². The normalized spacial score (nSPS) is 15.4. The summed E-state index contributed by atoms with van der Waals surface area (Å²) in [5.41, 5.74) is 0.925. The summed E-state index contributed by atoms with van der Waals surface area (Å²) in [4.78, 5) is 25.3. The molecule has 1 aliphatic heterocycles. The predicted octanol–water partition coefficient (Wildman–Crippen LogP) is 4.26. The number of amides is 1. The fourth-order valence-corrected chi connectivity index (χ4v) is 3.82. The Morgan fingerprint density at radius 3 is 2.68 bits per heavy atom. The summed E-state index contributed by atoms with van der Waals surface area (Å²) in [6.45, 7) is 3.35. The molecule has 1 aliphatic rings. The van der Waals surface area contributed by atoms with Gasteiger partial charge in [-0.2, -0.15) is 0 Å². The summed E-state index contributed by atoms with van der Waals surface area (Å²) in [6.07, 6.45) is 2.00. The maximum absolute atomic E-state index is 14.5. The highest BCUT2D eigenvalue weighted by Crippen LogP contribution is 2.32. The third-order valence-electron chi connectivity index (χ3n) is 5.04. The van der Waals surface area contributed by atoms with Gasteiger partial charge in [0, 0.05) is 34.3 Å². The van der Waals surface area contributed by atoms with Crippen LogP contribution in [0.1, 0.15) is 40.4 Å². The largest absolute Gasteiger partial charge is 0.350 e. The number of halogens is 2. The molecule has 0 saturated carbocycles. The first-order valence-corrected chi connectivity index (χ1v) is 9.47. The summed E-state index contributed by atoms with van der Waals surface area (Å²) in [7, 11) is 0. The maximum atomic E-state index is 14.5. The molecular formula is C20H21ClFN3O3. The Kier molecular flexibility index (Phi) is 6.26. The van der Waals surface area contributed by atoms with E-state index in [0.29, 0.717) is 16.1 Å². The van der Waals surface area contributed by atoms with Crippen molar-refractivity contribution in [2.75, 3.05) is 19.6 Å². The van der Waals surface area contributed by atoms with Crippen LogP contribution in [-0.4, -0.2) is 35.4 Å². The number of nitro benzene ring substituents is 1. The Morgan fingerprint density at radius 2 is 2.04 bits per heavy atom. The van der Waals surface area contributed by atoms with Crippen molar-refractivity contribution in [3.63, 3.8) is 0 Å². The Bertz CT molecular complexity index is 880. The van der Waals surface area contributed by atoms with E-state index in [0.717, 1.165) is 25.9 Å². The van der Waals surface area contributed by atoms with E-state index < -0.39 is 22.7 Å². The maximum Gasteiger partial charge on any atom is 0.273 e. The van der Waals surface area contributed by atoms with Gasteiger partial charge in [0.2, 0.25) is 0 Å². The number of benzene rings is 2. The van der Waals surface area contributed by atoms with Gasteiger partial charge in [0.15, 0.2) is 0 Å². The molecule has 1 heterocycles. The highest BCUT2D eigenvalue weighted by atomic mass is 35.5. The van der Waals surface area contributed by atoms with Gasteiger partial charge in [-0.1, -0.05) is 23.7 Å². The minimum Gasteiger partial charge on any atom is -0.350 e.